The zero-order valence-corrected chi connectivity index (χ0v) is 10.6. The molecule has 3 N–H and O–H groups in total. The summed E-state index contributed by atoms with van der Waals surface area (Å²) in [5.74, 6) is 0.627. The first-order valence-electron chi connectivity index (χ1n) is 5.74. The maximum absolute atomic E-state index is 12.0. The van der Waals surface area contributed by atoms with Gasteiger partial charge in [-0.2, -0.15) is 0 Å². The fourth-order valence-corrected chi connectivity index (χ4v) is 1.66. The quantitative estimate of drug-likeness (QED) is 0.820. The maximum atomic E-state index is 12.0. The summed E-state index contributed by atoms with van der Waals surface area (Å²) in [5.41, 5.74) is 6.29. The Balaban J connectivity index is 2.80. The molecule has 1 atom stereocenters. The highest BCUT2D eigenvalue weighted by molar-refractivity contribution is 5.94. The molecule has 1 aromatic carbocycles. The van der Waals surface area contributed by atoms with Crippen molar-refractivity contribution < 1.29 is 9.53 Å². The monoisotopic (exact) mass is 236 g/mol. The van der Waals surface area contributed by atoms with E-state index in [1.165, 1.54) is 0 Å². The largest absolute Gasteiger partial charge is 0.495 e. The van der Waals surface area contributed by atoms with Crippen molar-refractivity contribution in [3.63, 3.8) is 0 Å². The molecular formula is C13H20N2O2. The number of nitrogens with one attached hydrogen (secondary N) is 1. The molecule has 0 fully saturated rings. The third kappa shape index (κ3) is 3.46. The molecule has 1 aromatic rings. The number of amides is 1. The first-order chi connectivity index (χ1) is 8.10. The highest BCUT2D eigenvalue weighted by atomic mass is 16.5. The van der Waals surface area contributed by atoms with E-state index in [-0.39, 0.29) is 17.7 Å². The average molecular weight is 236 g/mol. The summed E-state index contributed by atoms with van der Waals surface area (Å²) in [5, 5.41) is 2.85. The molecule has 1 rings (SSSR count). The summed E-state index contributed by atoms with van der Waals surface area (Å²) < 4.78 is 5.17. The molecule has 0 heterocycles. The smallest absolute Gasteiger partial charge is 0.229 e. The minimum absolute atomic E-state index is 0.0630. The third-order valence-electron chi connectivity index (χ3n) is 2.76. The average Bonchev–Trinajstić information content (AvgIpc) is 2.30. The number of anilines is 1. The first kappa shape index (κ1) is 13.5. The van der Waals surface area contributed by atoms with Gasteiger partial charge in [0.15, 0.2) is 0 Å². The number of rotatable bonds is 5. The van der Waals surface area contributed by atoms with Crippen LogP contribution in [-0.4, -0.2) is 19.6 Å². The van der Waals surface area contributed by atoms with Crippen LogP contribution in [0.5, 0.6) is 5.75 Å². The van der Waals surface area contributed by atoms with Gasteiger partial charge in [-0.1, -0.05) is 26.0 Å². The Bertz CT molecular complexity index is 377. The Kier molecular flexibility index (Phi) is 4.97. The van der Waals surface area contributed by atoms with Gasteiger partial charge in [-0.15, -0.1) is 0 Å². The summed E-state index contributed by atoms with van der Waals surface area (Å²) >= 11 is 0. The zero-order valence-electron chi connectivity index (χ0n) is 10.6. The van der Waals surface area contributed by atoms with Crippen LogP contribution in [0.3, 0.4) is 0 Å². The normalized spacial score (nSPS) is 12.3. The molecule has 0 bridgehead atoms. The van der Waals surface area contributed by atoms with Gasteiger partial charge in [0.25, 0.3) is 0 Å². The lowest BCUT2D eigenvalue weighted by Crippen LogP contribution is -2.33. The second-order valence-corrected chi connectivity index (χ2v) is 4.28. The van der Waals surface area contributed by atoms with E-state index >= 15 is 0 Å². The minimum Gasteiger partial charge on any atom is -0.495 e. The van der Waals surface area contributed by atoms with Gasteiger partial charge >= 0.3 is 0 Å². The van der Waals surface area contributed by atoms with Crippen LogP contribution in [0.2, 0.25) is 0 Å². The number of benzene rings is 1. The predicted octanol–water partition coefficient (Wildman–Crippen LogP) is 1.86. The number of para-hydroxylation sites is 2. The van der Waals surface area contributed by atoms with Crippen molar-refractivity contribution in [1.82, 2.24) is 0 Å². The van der Waals surface area contributed by atoms with Crippen molar-refractivity contribution in [2.24, 2.45) is 17.6 Å². The van der Waals surface area contributed by atoms with E-state index in [0.29, 0.717) is 18.0 Å². The van der Waals surface area contributed by atoms with Gasteiger partial charge in [-0.3, -0.25) is 4.79 Å². The SMILES string of the molecule is COc1ccccc1NC(=O)C(CN)C(C)C. The molecule has 0 aliphatic rings. The van der Waals surface area contributed by atoms with Crippen molar-refractivity contribution >= 4 is 11.6 Å². The predicted molar refractivity (Wildman–Crippen MR) is 69.0 cm³/mol. The third-order valence-corrected chi connectivity index (χ3v) is 2.76. The fraction of sp³-hybridized carbons (Fsp3) is 0.462. The van der Waals surface area contributed by atoms with Crippen LogP contribution in [0.4, 0.5) is 5.69 Å². The molecule has 0 aliphatic carbocycles. The van der Waals surface area contributed by atoms with Crippen LogP contribution >= 0.6 is 0 Å². The topological polar surface area (TPSA) is 64.3 Å². The van der Waals surface area contributed by atoms with Crippen LogP contribution in [0.1, 0.15) is 13.8 Å². The Morgan fingerprint density at radius 3 is 2.59 bits per heavy atom. The lowest BCUT2D eigenvalue weighted by Gasteiger charge is -2.19. The number of nitrogens with two attached hydrogens (primary N) is 1. The Labute approximate surface area is 102 Å². The van der Waals surface area contributed by atoms with Crippen molar-refractivity contribution in [3.05, 3.63) is 24.3 Å². The molecule has 0 saturated heterocycles. The number of hydrogen-bond donors (Lipinski definition) is 2. The van der Waals surface area contributed by atoms with Crippen molar-refractivity contribution in [2.45, 2.75) is 13.8 Å². The maximum Gasteiger partial charge on any atom is 0.229 e. The number of carbonyl (C=O) groups is 1. The van der Waals surface area contributed by atoms with E-state index in [9.17, 15) is 4.79 Å². The second-order valence-electron chi connectivity index (χ2n) is 4.28. The van der Waals surface area contributed by atoms with Crippen LogP contribution in [0.15, 0.2) is 24.3 Å². The summed E-state index contributed by atoms with van der Waals surface area (Å²) in [6, 6.07) is 7.33. The van der Waals surface area contributed by atoms with E-state index in [2.05, 4.69) is 5.32 Å². The molecule has 0 aliphatic heterocycles. The molecule has 17 heavy (non-hydrogen) atoms. The Morgan fingerprint density at radius 1 is 1.41 bits per heavy atom. The van der Waals surface area contributed by atoms with E-state index in [4.69, 9.17) is 10.5 Å². The van der Waals surface area contributed by atoms with E-state index in [1.54, 1.807) is 7.11 Å². The second kappa shape index (κ2) is 6.25. The van der Waals surface area contributed by atoms with E-state index < -0.39 is 0 Å². The van der Waals surface area contributed by atoms with Crippen LogP contribution < -0.4 is 15.8 Å². The summed E-state index contributed by atoms with van der Waals surface area (Å²) in [4.78, 5) is 12.0. The molecule has 0 saturated carbocycles. The van der Waals surface area contributed by atoms with Gasteiger partial charge in [-0.05, 0) is 18.1 Å². The molecule has 0 spiro atoms. The number of carbonyl (C=O) groups excluding carboxylic acids is 1. The number of ether oxygens (including phenoxy) is 1. The van der Waals surface area contributed by atoms with Crippen molar-refractivity contribution in [3.8, 4) is 5.75 Å². The van der Waals surface area contributed by atoms with Crippen molar-refractivity contribution in [2.75, 3.05) is 19.0 Å². The number of methoxy groups -OCH3 is 1. The van der Waals surface area contributed by atoms with Gasteiger partial charge < -0.3 is 15.8 Å². The molecule has 4 nitrogen and oxygen atoms in total. The van der Waals surface area contributed by atoms with Gasteiger partial charge in [0.05, 0.1) is 18.7 Å². The fourth-order valence-electron chi connectivity index (χ4n) is 1.66. The summed E-state index contributed by atoms with van der Waals surface area (Å²) in [7, 11) is 1.58. The highest BCUT2D eigenvalue weighted by Crippen LogP contribution is 2.24. The molecule has 0 aromatic heterocycles. The summed E-state index contributed by atoms with van der Waals surface area (Å²) in [6.45, 7) is 4.32. The molecule has 1 amide bonds. The molecule has 4 heteroatoms. The van der Waals surface area contributed by atoms with Gasteiger partial charge in [0.2, 0.25) is 5.91 Å². The first-order valence-corrected chi connectivity index (χ1v) is 5.74. The van der Waals surface area contributed by atoms with Crippen LogP contribution in [-0.2, 0) is 4.79 Å². The summed E-state index contributed by atoms with van der Waals surface area (Å²) in [6.07, 6.45) is 0. The lowest BCUT2D eigenvalue weighted by atomic mass is 9.95. The minimum atomic E-state index is -0.181. The zero-order chi connectivity index (χ0) is 12.8. The standard InChI is InChI=1S/C13H20N2O2/c1-9(2)10(8-14)13(16)15-11-6-4-5-7-12(11)17-3/h4-7,9-10H,8,14H2,1-3H3,(H,15,16). The molecule has 1 unspecified atom stereocenters. The lowest BCUT2D eigenvalue weighted by molar-refractivity contribution is -0.120. The van der Waals surface area contributed by atoms with Crippen molar-refractivity contribution in [1.29, 1.82) is 0 Å². The molecule has 0 radical (unpaired) electrons. The van der Waals surface area contributed by atoms with Crippen LogP contribution in [0, 0.1) is 11.8 Å². The van der Waals surface area contributed by atoms with Gasteiger partial charge in [0.1, 0.15) is 5.75 Å². The van der Waals surface area contributed by atoms with Gasteiger partial charge in [-0.25, -0.2) is 0 Å². The van der Waals surface area contributed by atoms with E-state index in [0.717, 1.165) is 0 Å². The Hall–Kier alpha value is -1.55. The molecule has 94 valence electrons. The van der Waals surface area contributed by atoms with Gasteiger partial charge in [0, 0.05) is 6.54 Å². The van der Waals surface area contributed by atoms with E-state index in [1.807, 2.05) is 38.1 Å². The number of hydrogen-bond acceptors (Lipinski definition) is 3. The van der Waals surface area contributed by atoms with Crippen LogP contribution in [0.25, 0.3) is 0 Å². The molecular weight excluding hydrogens is 216 g/mol. The Morgan fingerprint density at radius 2 is 2.06 bits per heavy atom. The highest BCUT2D eigenvalue weighted by Gasteiger charge is 2.21.